The Bertz CT molecular complexity index is 374. The van der Waals surface area contributed by atoms with Crippen LogP contribution in [0.25, 0.3) is 0 Å². The first-order valence-corrected chi connectivity index (χ1v) is 5.32. The predicted octanol–water partition coefficient (Wildman–Crippen LogP) is 0.707. The van der Waals surface area contributed by atoms with E-state index in [1.165, 1.54) is 7.11 Å². The highest BCUT2D eigenvalue weighted by Crippen LogP contribution is 2.11. The van der Waals surface area contributed by atoms with Gasteiger partial charge < -0.3 is 20.5 Å². The largest absolute Gasteiger partial charge is 0.497 e. The topological polar surface area (TPSA) is 73.6 Å². The molecule has 0 aliphatic carbocycles. The first kappa shape index (κ1) is 16.7. The van der Waals surface area contributed by atoms with Gasteiger partial charge in [-0.05, 0) is 17.7 Å². The van der Waals surface area contributed by atoms with Crippen molar-refractivity contribution >= 4 is 18.3 Å². The molecule has 18 heavy (non-hydrogen) atoms. The number of amides is 1. The summed E-state index contributed by atoms with van der Waals surface area (Å²) in [5.41, 5.74) is 6.55. The van der Waals surface area contributed by atoms with Crippen LogP contribution in [-0.4, -0.2) is 32.8 Å². The van der Waals surface area contributed by atoms with Crippen molar-refractivity contribution in [2.45, 2.75) is 12.6 Å². The summed E-state index contributed by atoms with van der Waals surface area (Å²) in [6.07, 6.45) is 0. The summed E-state index contributed by atoms with van der Waals surface area (Å²) in [6.45, 7) is 0.636. The summed E-state index contributed by atoms with van der Waals surface area (Å²) >= 11 is 0. The van der Waals surface area contributed by atoms with Gasteiger partial charge in [0.05, 0.1) is 13.7 Å². The van der Waals surface area contributed by atoms with Crippen LogP contribution in [0.3, 0.4) is 0 Å². The van der Waals surface area contributed by atoms with Crippen molar-refractivity contribution < 1.29 is 14.3 Å². The van der Waals surface area contributed by atoms with Crippen molar-refractivity contribution in [2.75, 3.05) is 20.8 Å². The van der Waals surface area contributed by atoms with Crippen LogP contribution in [0.15, 0.2) is 24.3 Å². The zero-order valence-electron chi connectivity index (χ0n) is 10.5. The monoisotopic (exact) mass is 274 g/mol. The molecule has 1 aromatic carbocycles. The SMILES string of the molecule is COCC(N)C(=O)NCc1cccc(OC)c1.Cl. The minimum Gasteiger partial charge on any atom is -0.497 e. The fourth-order valence-electron chi connectivity index (χ4n) is 1.36. The van der Waals surface area contributed by atoms with E-state index in [9.17, 15) is 4.79 Å². The van der Waals surface area contributed by atoms with Crippen molar-refractivity contribution in [1.29, 1.82) is 0 Å². The second-order valence-electron chi connectivity index (χ2n) is 3.63. The Morgan fingerprint density at radius 3 is 2.78 bits per heavy atom. The summed E-state index contributed by atoms with van der Waals surface area (Å²) < 4.78 is 9.90. The van der Waals surface area contributed by atoms with E-state index in [1.54, 1.807) is 7.11 Å². The van der Waals surface area contributed by atoms with E-state index in [-0.39, 0.29) is 24.9 Å². The molecule has 0 aromatic heterocycles. The molecule has 1 unspecified atom stereocenters. The molecule has 1 rings (SSSR count). The Morgan fingerprint density at radius 1 is 1.44 bits per heavy atom. The van der Waals surface area contributed by atoms with Gasteiger partial charge in [-0.15, -0.1) is 12.4 Å². The third-order valence-electron chi connectivity index (χ3n) is 2.28. The highest BCUT2D eigenvalue weighted by atomic mass is 35.5. The minimum atomic E-state index is -0.634. The van der Waals surface area contributed by atoms with Gasteiger partial charge in [-0.25, -0.2) is 0 Å². The number of rotatable bonds is 6. The van der Waals surface area contributed by atoms with Gasteiger partial charge in [0, 0.05) is 13.7 Å². The van der Waals surface area contributed by atoms with Gasteiger partial charge in [0.2, 0.25) is 5.91 Å². The standard InChI is InChI=1S/C12H18N2O3.ClH/c1-16-8-11(13)12(15)14-7-9-4-3-5-10(6-9)17-2;/h3-6,11H,7-8,13H2,1-2H3,(H,14,15);1H. The number of benzene rings is 1. The third-order valence-corrected chi connectivity index (χ3v) is 2.28. The fourth-order valence-corrected chi connectivity index (χ4v) is 1.36. The maximum absolute atomic E-state index is 11.5. The number of carbonyl (C=O) groups is 1. The predicted molar refractivity (Wildman–Crippen MR) is 71.9 cm³/mol. The van der Waals surface area contributed by atoms with E-state index in [0.717, 1.165) is 11.3 Å². The Balaban J connectivity index is 0.00000289. The molecule has 0 aliphatic heterocycles. The van der Waals surface area contributed by atoms with Crippen LogP contribution in [0.2, 0.25) is 0 Å². The molecule has 0 aliphatic rings. The fraction of sp³-hybridized carbons (Fsp3) is 0.417. The summed E-state index contributed by atoms with van der Waals surface area (Å²) in [6, 6.07) is 6.86. The van der Waals surface area contributed by atoms with Gasteiger partial charge in [-0.2, -0.15) is 0 Å². The van der Waals surface area contributed by atoms with Crippen LogP contribution < -0.4 is 15.8 Å². The van der Waals surface area contributed by atoms with Crippen LogP contribution in [0.4, 0.5) is 0 Å². The number of hydrogen-bond donors (Lipinski definition) is 2. The molecule has 102 valence electrons. The maximum atomic E-state index is 11.5. The van der Waals surface area contributed by atoms with Crippen LogP contribution in [0.1, 0.15) is 5.56 Å². The van der Waals surface area contributed by atoms with E-state index in [1.807, 2.05) is 24.3 Å². The van der Waals surface area contributed by atoms with Gasteiger partial charge in [0.15, 0.2) is 0 Å². The van der Waals surface area contributed by atoms with Gasteiger partial charge in [0.1, 0.15) is 11.8 Å². The quantitative estimate of drug-likeness (QED) is 0.801. The van der Waals surface area contributed by atoms with Crippen molar-refractivity contribution in [1.82, 2.24) is 5.32 Å². The summed E-state index contributed by atoms with van der Waals surface area (Å²) in [7, 11) is 3.11. The lowest BCUT2D eigenvalue weighted by Gasteiger charge is -2.11. The van der Waals surface area contributed by atoms with Crippen molar-refractivity contribution in [3.05, 3.63) is 29.8 Å². The lowest BCUT2D eigenvalue weighted by Crippen LogP contribution is -2.43. The Labute approximate surface area is 113 Å². The number of nitrogens with two attached hydrogens (primary N) is 1. The zero-order chi connectivity index (χ0) is 12.7. The molecule has 0 radical (unpaired) electrons. The molecule has 0 fully saturated rings. The molecule has 0 bridgehead atoms. The van der Waals surface area contributed by atoms with E-state index < -0.39 is 6.04 Å². The highest BCUT2D eigenvalue weighted by molar-refractivity contribution is 5.85. The summed E-state index contributed by atoms with van der Waals surface area (Å²) in [5.74, 6) is 0.535. The molecule has 6 heteroatoms. The lowest BCUT2D eigenvalue weighted by molar-refractivity contribution is -0.123. The summed E-state index contributed by atoms with van der Waals surface area (Å²) in [4.78, 5) is 11.5. The molecule has 1 amide bonds. The molecule has 5 nitrogen and oxygen atoms in total. The lowest BCUT2D eigenvalue weighted by atomic mass is 10.2. The van der Waals surface area contributed by atoms with Gasteiger partial charge in [-0.1, -0.05) is 12.1 Å². The Hall–Kier alpha value is -1.30. The molecular weight excluding hydrogens is 256 g/mol. The number of hydrogen-bond acceptors (Lipinski definition) is 4. The zero-order valence-corrected chi connectivity index (χ0v) is 11.3. The van der Waals surface area contributed by atoms with Crippen molar-refractivity contribution in [3.63, 3.8) is 0 Å². The molecule has 0 heterocycles. The van der Waals surface area contributed by atoms with E-state index in [2.05, 4.69) is 5.32 Å². The Morgan fingerprint density at radius 2 is 2.17 bits per heavy atom. The highest BCUT2D eigenvalue weighted by Gasteiger charge is 2.12. The number of halogens is 1. The first-order valence-electron chi connectivity index (χ1n) is 5.32. The second-order valence-corrected chi connectivity index (χ2v) is 3.63. The molecule has 1 aromatic rings. The van der Waals surface area contributed by atoms with Gasteiger partial charge in [0.25, 0.3) is 0 Å². The summed E-state index contributed by atoms with van der Waals surface area (Å²) in [5, 5.41) is 2.74. The van der Waals surface area contributed by atoms with Crippen LogP contribution in [0, 0.1) is 0 Å². The van der Waals surface area contributed by atoms with Crippen LogP contribution >= 0.6 is 12.4 Å². The van der Waals surface area contributed by atoms with Crippen LogP contribution in [-0.2, 0) is 16.1 Å². The molecule has 3 N–H and O–H groups in total. The van der Waals surface area contributed by atoms with Gasteiger partial charge >= 0.3 is 0 Å². The first-order chi connectivity index (χ1) is 8.17. The van der Waals surface area contributed by atoms with E-state index in [0.29, 0.717) is 6.54 Å². The Kier molecular flexibility index (Phi) is 8.11. The second kappa shape index (κ2) is 8.74. The van der Waals surface area contributed by atoms with E-state index >= 15 is 0 Å². The smallest absolute Gasteiger partial charge is 0.239 e. The number of carbonyl (C=O) groups excluding carboxylic acids is 1. The molecular formula is C12H19ClN2O3. The molecule has 0 saturated carbocycles. The molecule has 1 atom stereocenters. The van der Waals surface area contributed by atoms with Crippen molar-refractivity contribution in [3.8, 4) is 5.75 Å². The molecule has 0 saturated heterocycles. The molecule has 0 spiro atoms. The average molecular weight is 275 g/mol. The minimum absolute atomic E-state index is 0. The normalized spacial score (nSPS) is 11.3. The maximum Gasteiger partial charge on any atom is 0.239 e. The number of nitrogens with one attached hydrogen (secondary N) is 1. The number of methoxy groups -OCH3 is 2. The average Bonchev–Trinajstić information content (AvgIpc) is 2.36. The third kappa shape index (κ3) is 5.35. The van der Waals surface area contributed by atoms with Crippen LogP contribution in [0.5, 0.6) is 5.75 Å². The van der Waals surface area contributed by atoms with Crippen molar-refractivity contribution in [2.24, 2.45) is 5.73 Å². The number of ether oxygens (including phenoxy) is 2. The van der Waals surface area contributed by atoms with E-state index in [4.69, 9.17) is 15.2 Å². The van der Waals surface area contributed by atoms with Gasteiger partial charge in [-0.3, -0.25) is 4.79 Å².